The Balaban J connectivity index is 2.33. The Morgan fingerprint density at radius 3 is 2.23 bits per heavy atom. The molecule has 0 unspecified atom stereocenters. The molecule has 2 aromatic carbocycles. The van der Waals surface area contributed by atoms with E-state index in [2.05, 4.69) is 5.43 Å². The molecule has 0 heterocycles. The molecule has 0 spiro atoms. The fourth-order valence-corrected chi connectivity index (χ4v) is 4.86. The third kappa shape index (κ3) is 8.45. The summed E-state index contributed by atoms with van der Waals surface area (Å²) in [5.41, 5.74) is 5.16. The van der Waals surface area contributed by atoms with E-state index in [0.29, 0.717) is 6.42 Å². The molecule has 2 atom stereocenters. The minimum Gasteiger partial charge on any atom is -0.289 e. The predicted octanol–water partition coefficient (Wildman–Crippen LogP) is 3.98. The van der Waals surface area contributed by atoms with E-state index >= 15 is 0 Å². The molecule has 0 radical (unpaired) electrons. The van der Waals surface area contributed by atoms with Crippen LogP contribution in [-0.2, 0) is 19.6 Å². The van der Waals surface area contributed by atoms with Crippen molar-refractivity contribution in [2.24, 2.45) is 23.7 Å². The van der Waals surface area contributed by atoms with Crippen molar-refractivity contribution in [2.45, 2.75) is 40.5 Å². The van der Waals surface area contributed by atoms with E-state index in [1.54, 1.807) is 5.48 Å². The summed E-state index contributed by atoms with van der Waals surface area (Å²) in [6, 6.07) is 13.9. The summed E-state index contributed by atoms with van der Waals surface area (Å²) in [4.78, 5) is 25.9. The van der Waals surface area contributed by atoms with Crippen LogP contribution in [0.15, 0.2) is 48.5 Å². The van der Waals surface area contributed by atoms with Gasteiger partial charge in [0.2, 0.25) is 21.8 Å². The van der Waals surface area contributed by atoms with Gasteiger partial charge in [-0.15, -0.1) is 4.41 Å². The average Bonchev–Trinajstić information content (AvgIpc) is 2.78. The number of fused-ring (bicyclic) bond motifs is 1. The second-order valence-corrected chi connectivity index (χ2v) is 11.6. The van der Waals surface area contributed by atoms with Crippen LogP contribution in [0.1, 0.15) is 46.1 Å². The van der Waals surface area contributed by atoms with Crippen molar-refractivity contribution >= 4 is 38.7 Å². The molecule has 192 valence electrons. The van der Waals surface area contributed by atoms with Crippen molar-refractivity contribution < 1.29 is 23.2 Å². The lowest BCUT2D eigenvalue weighted by Gasteiger charge is -2.29. The molecule has 0 aliphatic carbocycles. The van der Waals surface area contributed by atoms with E-state index in [-0.39, 0.29) is 24.8 Å². The van der Waals surface area contributed by atoms with Crippen LogP contribution in [0, 0.1) is 23.7 Å². The van der Waals surface area contributed by atoms with Gasteiger partial charge in [-0.25, -0.2) is 13.9 Å². The molecular formula is C26H37N3O5S. The van der Waals surface area contributed by atoms with Gasteiger partial charge >= 0.3 is 0 Å². The van der Waals surface area contributed by atoms with Crippen LogP contribution in [0.5, 0.6) is 0 Å². The summed E-state index contributed by atoms with van der Waals surface area (Å²) in [7, 11) is -3.70. The van der Waals surface area contributed by atoms with E-state index in [0.717, 1.165) is 27.0 Å². The van der Waals surface area contributed by atoms with Crippen molar-refractivity contribution in [3.63, 3.8) is 0 Å². The number of nitrogens with zero attached hydrogens (tertiary/aromatic N) is 1. The topological polar surface area (TPSA) is 116 Å². The van der Waals surface area contributed by atoms with Crippen LogP contribution in [-0.4, -0.2) is 42.7 Å². The minimum atomic E-state index is -3.70. The summed E-state index contributed by atoms with van der Waals surface area (Å²) in [6.45, 7) is 7.63. The zero-order chi connectivity index (χ0) is 26.2. The Bertz CT molecular complexity index is 1140. The van der Waals surface area contributed by atoms with Crippen LogP contribution < -0.4 is 10.9 Å². The first-order valence-corrected chi connectivity index (χ1v) is 13.6. The minimum absolute atomic E-state index is 0.0197. The van der Waals surface area contributed by atoms with E-state index in [1.165, 1.54) is 0 Å². The summed E-state index contributed by atoms with van der Waals surface area (Å²) < 4.78 is 25.4. The predicted molar refractivity (Wildman–Crippen MR) is 138 cm³/mol. The van der Waals surface area contributed by atoms with E-state index in [9.17, 15) is 23.2 Å². The molecule has 35 heavy (non-hydrogen) atoms. The van der Waals surface area contributed by atoms with Crippen molar-refractivity contribution in [1.82, 2.24) is 15.3 Å². The van der Waals surface area contributed by atoms with Gasteiger partial charge in [0.1, 0.15) is 0 Å². The Morgan fingerprint density at radius 1 is 0.971 bits per heavy atom. The zero-order valence-corrected chi connectivity index (χ0v) is 21.9. The first kappa shape index (κ1) is 28.5. The van der Waals surface area contributed by atoms with Gasteiger partial charge in [0.25, 0.3) is 0 Å². The molecular weight excluding hydrogens is 466 g/mol. The number of hydrazine groups is 1. The number of hydrogen-bond acceptors (Lipinski definition) is 5. The third-order valence-electron chi connectivity index (χ3n) is 5.67. The molecule has 9 heteroatoms. The number of hydroxylamine groups is 1. The van der Waals surface area contributed by atoms with Crippen LogP contribution >= 0.6 is 0 Å². The fraction of sp³-hybridized carbons (Fsp3) is 0.462. The summed E-state index contributed by atoms with van der Waals surface area (Å²) in [5.74, 6) is -2.97. The lowest BCUT2D eigenvalue weighted by molar-refractivity contribution is -0.141. The van der Waals surface area contributed by atoms with Gasteiger partial charge in [-0.2, -0.15) is 0 Å². The SMILES string of the molecule is CC(C)C[C@@H](C(=O)NN(CC(C)C)S(C)(=O)=O)[C@H](CC=Cc1cccc2ccccc12)C(=O)NO. The molecule has 0 aliphatic rings. The third-order valence-corrected chi connectivity index (χ3v) is 6.71. The highest BCUT2D eigenvalue weighted by atomic mass is 32.2. The molecule has 8 nitrogen and oxygen atoms in total. The molecule has 2 aromatic rings. The first-order chi connectivity index (χ1) is 16.4. The number of benzene rings is 2. The highest BCUT2D eigenvalue weighted by molar-refractivity contribution is 7.88. The molecule has 0 saturated heterocycles. The summed E-state index contributed by atoms with van der Waals surface area (Å²) in [5, 5.41) is 11.5. The van der Waals surface area contributed by atoms with Crippen molar-refractivity contribution in [3.05, 3.63) is 54.1 Å². The monoisotopic (exact) mass is 503 g/mol. The number of rotatable bonds is 12. The Labute approximate surface area is 208 Å². The van der Waals surface area contributed by atoms with Crippen LogP contribution in [0.3, 0.4) is 0 Å². The molecule has 0 aliphatic heterocycles. The number of nitrogens with one attached hydrogen (secondary N) is 2. The lowest BCUT2D eigenvalue weighted by atomic mass is 9.82. The molecule has 2 amide bonds. The Morgan fingerprint density at radius 2 is 1.63 bits per heavy atom. The maximum absolute atomic E-state index is 13.3. The quantitative estimate of drug-likeness (QED) is 0.299. The van der Waals surface area contributed by atoms with Gasteiger partial charge in [-0.3, -0.25) is 20.2 Å². The standard InChI is InChI=1S/C26H37N3O5S/c1-18(2)16-24(25(30)27-29(17-19(3)4)35(5,33)34)23(26(31)28-32)15-9-13-21-12-8-11-20-10-6-7-14-22(20)21/h6-14,18-19,23-24,32H,15-17H2,1-5H3,(H,27,30)(H,28,31)/t23-,24+/m0/s1. The molecule has 2 rings (SSSR count). The number of hydrogen-bond donors (Lipinski definition) is 3. The van der Waals surface area contributed by atoms with Gasteiger partial charge < -0.3 is 0 Å². The summed E-state index contributed by atoms with van der Waals surface area (Å²) in [6.07, 6.45) is 5.25. The largest absolute Gasteiger partial charge is 0.289 e. The van der Waals surface area contributed by atoms with E-state index in [4.69, 9.17) is 0 Å². The smallest absolute Gasteiger partial charge is 0.247 e. The Hall–Kier alpha value is -2.75. The van der Waals surface area contributed by atoms with Gasteiger partial charge in [0.15, 0.2) is 0 Å². The van der Waals surface area contributed by atoms with Gasteiger partial charge in [0.05, 0.1) is 18.1 Å². The normalized spacial score (nSPS) is 14.1. The van der Waals surface area contributed by atoms with Crippen LogP contribution in [0.4, 0.5) is 0 Å². The average molecular weight is 504 g/mol. The van der Waals surface area contributed by atoms with Crippen molar-refractivity contribution in [3.8, 4) is 0 Å². The fourth-order valence-electron chi connectivity index (χ4n) is 4.04. The number of amides is 2. The van der Waals surface area contributed by atoms with Crippen molar-refractivity contribution in [2.75, 3.05) is 12.8 Å². The van der Waals surface area contributed by atoms with Gasteiger partial charge in [-0.1, -0.05) is 82.3 Å². The second-order valence-electron chi connectivity index (χ2n) is 9.69. The highest BCUT2D eigenvalue weighted by Gasteiger charge is 2.35. The molecule has 0 fully saturated rings. The van der Waals surface area contributed by atoms with Crippen LogP contribution in [0.2, 0.25) is 0 Å². The lowest BCUT2D eigenvalue weighted by Crippen LogP contribution is -2.51. The van der Waals surface area contributed by atoms with Gasteiger partial charge in [-0.05, 0) is 41.0 Å². The number of carbonyl (C=O) groups is 2. The maximum atomic E-state index is 13.3. The first-order valence-electron chi connectivity index (χ1n) is 11.8. The van der Waals surface area contributed by atoms with Crippen LogP contribution in [0.25, 0.3) is 16.8 Å². The van der Waals surface area contributed by atoms with Gasteiger partial charge in [0, 0.05) is 6.54 Å². The van der Waals surface area contributed by atoms with E-state index < -0.39 is 33.7 Å². The molecule has 0 saturated carbocycles. The summed E-state index contributed by atoms with van der Waals surface area (Å²) >= 11 is 0. The highest BCUT2D eigenvalue weighted by Crippen LogP contribution is 2.27. The second kappa shape index (κ2) is 12.8. The number of sulfonamides is 1. The Kier molecular flexibility index (Phi) is 10.4. The maximum Gasteiger partial charge on any atom is 0.247 e. The molecule has 0 bridgehead atoms. The van der Waals surface area contributed by atoms with Crippen molar-refractivity contribution in [1.29, 1.82) is 0 Å². The number of allylic oxidation sites excluding steroid dienone is 1. The number of carbonyl (C=O) groups excluding carboxylic acids is 2. The zero-order valence-electron chi connectivity index (χ0n) is 21.1. The van der Waals surface area contributed by atoms with E-state index in [1.807, 2.05) is 82.3 Å². The molecule has 0 aromatic heterocycles. The molecule has 3 N–H and O–H groups in total.